The molecule has 0 atom stereocenters. The van der Waals surface area contributed by atoms with Crippen molar-refractivity contribution in [3.8, 4) is 0 Å². The summed E-state index contributed by atoms with van der Waals surface area (Å²) in [5.41, 5.74) is 2.59. The van der Waals surface area contributed by atoms with Crippen LogP contribution in [0.3, 0.4) is 0 Å². The lowest BCUT2D eigenvalue weighted by Gasteiger charge is -2.20. The van der Waals surface area contributed by atoms with Crippen LogP contribution in [0.4, 0.5) is 17.1 Å². The predicted octanol–water partition coefficient (Wildman–Crippen LogP) is 2.57. The maximum absolute atomic E-state index is 12.3. The second kappa shape index (κ2) is 8.56. The number of amides is 3. The van der Waals surface area contributed by atoms with Crippen molar-refractivity contribution in [2.24, 2.45) is 0 Å². The van der Waals surface area contributed by atoms with Crippen LogP contribution in [0.25, 0.3) is 0 Å². The quantitative estimate of drug-likeness (QED) is 0.807. The molecule has 0 saturated carbocycles. The van der Waals surface area contributed by atoms with E-state index in [1.807, 2.05) is 24.3 Å². The van der Waals surface area contributed by atoms with Crippen LogP contribution in [-0.2, 0) is 9.59 Å². The van der Waals surface area contributed by atoms with Gasteiger partial charge in [0, 0.05) is 38.3 Å². The van der Waals surface area contributed by atoms with Gasteiger partial charge in [-0.1, -0.05) is 18.2 Å². The van der Waals surface area contributed by atoms with Gasteiger partial charge in [-0.05, 0) is 36.8 Å². The number of carbonyl (C=O) groups excluding carboxylic acids is 3. The second-order valence-corrected chi connectivity index (χ2v) is 6.85. The molecule has 0 spiro atoms. The Hall–Kier alpha value is -3.35. The number of nitrogens with zero attached hydrogens (tertiary/aromatic N) is 2. The van der Waals surface area contributed by atoms with E-state index in [0.29, 0.717) is 24.2 Å². The average molecular weight is 380 g/mol. The van der Waals surface area contributed by atoms with Crippen molar-refractivity contribution in [1.82, 2.24) is 4.90 Å². The molecular weight excluding hydrogens is 356 g/mol. The van der Waals surface area contributed by atoms with Crippen LogP contribution in [-0.4, -0.2) is 49.8 Å². The van der Waals surface area contributed by atoms with Crippen molar-refractivity contribution in [3.63, 3.8) is 0 Å². The molecule has 7 heteroatoms. The summed E-state index contributed by atoms with van der Waals surface area (Å²) in [7, 11) is 3.36. The van der Waals surface area contributed by atoms with Gasteiger partial charge >= 0.3 is 0 Å². The van der Waals surface area contributed by atoms with E-state index < -0.39 is 0 Å². The fourth-order valence-corrected chi connectivity index (χ4v) is 3.13. The Labute approximate surface area is 164 Å². The SMILES string of the molecule is CN(C)C(=O)c1cccc(NC(=O)CNc2ccccc2N2CCCC2=O)c1. The zero-order valence-corrected chi connectivity index (χ0v) is 16.1. The fourth-order valence-electron chi connectivity index (χ4n) is 3.13. The normalized spacial score (nSPS) is 13.4. The van der Waals surface area contributed by atoms with Crippen LogP contribution < -0.4 is 15.5 Å². The molecule has 2 aromatic rings. The Morgan fingerprint density at radius 3 is 2.61 bits per heavy atom. The van der Waals surface area contributed by atoms with E-state index in [4.69, 9.17) is 0 Å². The molecule has 1 aliphatic rings. The van der Waals surface area contributed by atoms with Crippen molar-refractivity contribution in [2.45, 2.75) is 12.8 Å². The first-order valence-corrected chi connectivity index (χ1v) is 9.20. The van der Waals surface area contributed by atoms with Crippen LogP contribution >= 0.6 is 0 Å². The van der Waals surface area contributed by atoms with Crippen LogP contribution in [0.1, 0.15) is 23.2 Å². The molecule has 0 unspecified atom stereocenters. The highest BCUT2D eigenvalue weighted by Crippen LogP contribution is 2.29. The van der Waals surface area contributed by atoms with Gasteiger partial charge in [0.1, 0.15) is 0 Å². The van der Waals surface area contributed by atoms with Gasteiger partial charge in [-0.15, -0.1) is 0 Å². The summed E-state index contributed by atoms with van der Waals surface area (Å²) in [5.74, 6) is -0.267. The molecule has 0 bridgehead atoms. The van der Waals surface area contributed by atoms with Crippen molar-refractivity contribution in [1.29, 1.82) is 0 Å². The first-order valence-electron chi connectivity index (χ1n) is 9.20. The molecule has 0 aliphatic carbocycles. The zero-order chi connectivity index (χ0) is 20.1. The number of anilines is 3. The van der Waals surface area contributed by atoms with Gasteiger partial charge in [0.25, 0.3) is 5.91 Å². The molecular formula is C21H24N4O3. The molecule has 3 amide bonds. The molecule has 146 valence electrons. The summed E-state index contributed by atoms with van der Waals surface area (Å²) in [4.78, 5) is 39.7. The van der Waals surface area contributed by atoms with E-state index in [1.165, 1.54) is 4.90 Å². The van der Waals surface area contributed by atoms with E-state index in [-0.39, 0.29) is 24.3 Å². The molecule has 7 nitrogen and oxygen atoms in total. The van der Waals surface area contributed by atoms with Gasteiger partial charge in [-0.25, -0.2) is 0 Å². The number of hydrogen-bond donors (Lipinski definition) is 2. The second-order valence-electron chi connectivity index (χ2n) is 6.85. The summed E-state index contributed by atoms with van der Waals surface area (Å²) in [5, 5.41) is 5.90. The van der Waals surface area contributed by atoms with E-state index >= 15 is 0 Å². The first-order chi connectivity index (χ1) is 13.5. The van der Waals surface area contributed by atoms with Gasteiger partial charge < -0.3 is 20.4 Å². The topological polar surface area (TPSA) is 81.8 Å². The zero-order valence-electron chi connectivity index (χ0n) is 16.1. The maximum Gasteiger partial charge on any atom is 0.253 e. The summed E-state index contributed by atoms with van der Waals surface area (Å²) < 4.78 is 0. The molecule has 1 heterocycles. The summed E-state index contributed by atoms with van der Waals surface area (Å²) in [6.07, 6.45) is 1.40. The summed E-state index contributed by atoms with van der Waals surface area (Å²) in [6, 6.07) is 14.3. The Kier molecular flexibility index (Phi) is 5.93. The Morgan fingerprint density at radius 2 is 1.89 bits per heavy atom. The standard InChI is InChI=1S/C21H24N4O3/c1-24(2)21(28)15-7-5-8-16(13-15)23-19(26)14-22-17-9-3-4-10-18(17)25-12-6-11-20(25)27/h3-5,7-10,13,22H,6,11-12,14H2,1-2H3,(H,23,26). The monoisotopic (exact) mass is 380 g/mol. The van der Waals surface area contributed by atoms with Crippen molar-refractivity contribution >= 4 is 34.8 Å². The van der Waals surface area contributed by atoms with Gasteiger partial charge in [-0.2, -0.15) is 0 Å². The molecule has 0 aromatic heterocycles. The molecule has 28 heavy (non-hydrogen) atoms. The number of rotatable bonds is 6. The third kappa shape index (κ3) is 4.49. The lowest BCUT2D eigenvalue weighted by atomic mass is 10.2. The van der Waals surface area contributed by atoms with Gasteiger partial charge in [-0.3, -0.25) is 14.4 Å². The van der Waals surface area contributed by atoms with Gasteiger partial charge in [0.15, 0.2) is 0 Å². The van der Waals surface area contributed by atoms with E-state index in [1.54, 1.807) is 43.3 Å². The minimum Gasteiger partial charge on any atom is -0.374 e. The van der Waals surface area contributed by atoms with Gasteiger partial charge in [0.2, 0.25) is 11.8 Å². The highest BCUT2D eigenvalue weighted by atomic mass is 16.2. The molecule has 2 aromatic carbocycles. The molecule has 1 saturated heterocycles. The average Bonchev–Trinajstić information content (AvgIpc) is 3.12. The van der Waals surface area contributed by atoms with E-state index in [2.05, 4.69) is 10.6 Å². The lowest BCUT2D eigenvalue weighted by Crippen LogP contribution is -2.27. The number of carbonyl (C=O) groups is 3. The minimum absolute atomic E-state index is 0.0465. The lowest BCUT2D eigenvalue weighted by molar-refractivity contribution is -0.117. The Bertz CT molecular complexity index is 895. The molecule has 2 N–H and O–H groups in total. The Balaban J connectivity index is 1.63. The number of nitrogens with one attached hydrogen (secondary N) is 2. The first kappa shape index (κ1) is 19.4. The van der Waals surface area contributed by atoms with E-state index in [0.717, 1.165) is 17.8 Å². The highest BCUT2D eigenvalue weighted by Gasteiger charge is 2.23. The molecule has 1 aliphatic heterocycles. The van der Waals surface area contributed by atoms with Crippen molar-refractivity contribution in [2.75, 3.05) is 42.7 Å². The third-order valence-corrected chi connectivity index (χ3v) is 4.51. The predicted molar refractivity (Wildman–Crippen MR) is 110 cm³/mol. The van der Waals surface area contributed by atoms with Crippen LogP contribution in [0.5, 0.6) is 0 Å². The summed E-state index contributed by atoms with van der Waals surface area (Å²) >= 11 is 0. The number of hydrogen-bond acceptors (Lipinski definition) is 4. The Morgan fingerprint density at radius 1 is 1.11 bits per heavy atom. The van der Waals surface area contributed by atoms with Gasteiger partial charge in [0.05, 0.1) is 17.9 Å². The van der Waals surface area contributed by atoms with Crippen LogP contribution in [0.15, 0.2) is 48.5 Å². The van der Waals surface area contributed by atoms with Crippen LogP contribution in [0, 0.1) is 0 Å². The molecule has 0 radical (unpaired) electrons. The maximum atomic E-state index is 12.3. The molecule has 3 rings (SSSR count). The number of benzene rings is 2. The van der Waals surface area contributed by atoms with Crippen LogP contribution in [0.2, 0.25) is 0 Å². The molecule has 1 fully saturated rings. The highest BCUT2D eigenvalue weighted by molar-refractivity contribution is 6.00. The minimum atomic E-state index is -0.239. The summed E-state index contributed by atoms with van der Waals surface area (Å²) in [6.45, 7) is 0.737. The van der Waals surface area contributed by atoms with Crippen molar-refractivity contribution in [3.05, 3.63) is 54.1 Å². The van der Waals surface area contributed by atoms with Crippen molar-refractivity contribution < 1.29 is 14.4 Å². The third-order valence-electron chi connectivity index (χ3n) is 4.51. The fraction of sp³-hybridized carbons (Fsp3) is 0.286. The largest absolute Gasteiger partial charge is 0.374 e. The van der Waals surface area contributed by atoms with E-state index in [9.17, 15) is 14.4 Å². The number of para-hydroxylation sites is 2. The smallest absolute Gasteiger partial charge is 0.253 e.